The number of hydrogen-bond acceptors (Lipinski definition) is 6. The number of anilines is 2. The third-order valence-corrected chi connectivity index (χ3v) is 5.36. The number of hydrogen-bond donors (Lipinski definition) is 1. The van der Waals surface area contributed by atoms with Crippen LogP contribution in [0.2, 0.25) is 0 Å². The van der Waals surface area contributed by atoms with Crippen LogP contribution in [0.25, 0.3) is 0 Å². The van der Waals surface area contributed by atoms with E-state index in [1.165, 1.54) is 5.56 Å². The average Bonchev–Trinajstić information content (AvgIpc) is 3.02. The summed E-state index contributed by atoms with van der Waals surface area (Å²) in [6, 6.07) is 18.2. The van der Waals surface area contributed by atoms with Crippen molar-refractivity contribution < 1.29 is 4.74 Å². The van der Waals surface area contributed by atoms with Crippen molar-refractivity contribution in [1.82, 2.24) is 10.2 Å². The SMILES string of the molecule is COc1cccc(Nc2nnc(SC(C)c3ccccc3)s2)c1. The molecule has 0 amide bonds. The topological polar surface area (TPSA) is 47.0 Å². The molecule has 1 aromatic heterocycles. The van der Waals surface area contributed by atoms with Crippen molar-refractivity contribution in [3.63, 3.8) is 0 Å². The molecule has 118 valence electrons. The largest absolute Gasteiger partial charge is 0.497 e. The molecule has 0 aliphatic carbocycles. The van der Waals surface area contributed by atoms with Crippen LogP contribution in [0, 0.1) is 0 Å². The van der Waals surface area contributed by atoms with Crippen molar-refractivity contribution in [2.24, 2.45) is 0 Å². The van der Waals surface area contributed by atoms with E-state index >= 15 is 0 Å². The molecule has 1 atom stereocenters. The summed E-state index contributed by atoms with van der Waals surface area (Å²) >= 11 is 3.27. The summed E-state index contributed by atoms with van der Waals surface area (Å²) in [5.41, 5.74) is 2.23. The Hall–Kier alpha value is -2.05. The molecular weight excluding hydrogens is 326 g/mol. The molecule has 0 bridgehead atoms. The van der Waals surface area contributed by atoms with Crippen LogP contribution in [0.5, 0.6) is 5.75 Å². The van der Waals surface area contributed by atoms with Gasteiger partial charge < -0.3 is 10.1 Å². The Bertz CT molecular complexity index is 761. The highest BCUT2D eigenvalue weighted by Crippen LogP contribution is 2.37. The van der Waals surface area contributed by atoms with E-state index < -0.39 is 0 Å². The van der Waals surface area contributed by atoms with Gasteiger partial charge in [-0.25, -0.2) is 0 Å². The molecule has 0 saturated carbocycles. The molecule has 2 aromatic carbocycles. The normalized spacial score (nSPS) is 11.9. The first-order valence-electron chi connectivity index (χ1n) is 7.21. The van der Waals surface area contributed by atoms with Crippen molar-refractivity contribution in [3.05, 3.63) is 60.2 Å². The van der Waals surface area contributed by atoms with Crippen LogP contribution < -0.4 is 10.1 Å². The lowest BCUT2D eigenvalue weighted by Gasteiger charge is -2.08. The maximum absolute atomic E-state index is 5.22. The summed E-state index contributed by atoms with van der Waals surface area (Å²) in [5, 5.41) is 12.9. The fourth-order valence-electron chi connectivity index (χ4n) is 2.08. The van der Waals surface area contributed by atoms with E-state index in [9.17, 15) is 0 Å². The van der Waals surface area contributed by atoms with Crippen LogP contribution in [-0.4, -0.2) is 17.3 Å². The summed E-state index contributed by atoms with van der Waals surface area (Å²) in [6.07, 6.45) is 0. The number of nitrogens with zero attached hydrogens (tertiary/aromatic N) is 2. The van der Waals surface area contributed by atoms with Crippen molar-refractivity contribution in [1.29, 1.82) is 0 Å². The van der Waals surface area contributed by atoms with Gasteiger partial charge in [0.05, 0.1) is 7.11 Å². The number of methoxy groups -OCH3 is 1. The zero-order valence-electron chi connectivity index (χ0n) is 12.9. The number of benzene rings is 2. The van der Waals surface area contributed by atoms with Crippen LogP contribution in [-0.2, 0) is 0 Å². The Labute approximate surface area is 143 Å². The molecule has 1 heterocycles. The van der Waals surface area contributed by atoms with E-state index in [4.69, 9.17) is 4.74 Å². The molecule has 0 saturated heterocycles. The van der Waals surface area contributed by atoms with Crippen LogP contribution in [0.3, 0.4) is 0 Å². The molecule has 0 spiro atoms. The molecule has 6 heteroatoms. The van der Waals surface area contributed by atoms with E-state index in [-0.39, 0.29) is 0 Å². The summed E-state index contributed by atoms with van der Waals surface area (Å²) < 4.78 is 6.17. The quantitative estimate of drug-likeness (QED) is 0.628. The summed E-state index contributed by atoms with van der Waals surface area (Å²) in [5.74, 6) is 0.812. The lowest BCUT2D eigenvalue weighted by atomic mass is 10.2. The summed E-state index contributed by atoms with van der Waals surface area (Å²) in [6.45, 7) is 2.18. The van der Waals surface area contributed by atoms with Gasteiger partial charge in [0.1, 0.15) is 5.75 Å². The number of nitrogens with one attached hydrogen (secondary N) is 1. The molecule has 0 radical (unpaired) electrons. The number of ether oxygens (including phenoxy) is 1. The van der Waals surface area contributed by atoms with Crippen molar-refractivity contribution in [3.8, 4) is 5.75 Å². The van der Waals surface area contributed by atoms with Gasteiger partial charge in [-0.1, -0.05) is 59.5 Å². The van der Waals surface area contributed by atoms with Gasteiger partial charge in [-0.3, -0.25) is 0 Å². The Kier molecular flexibility index (Phi) is 5.15. The maximum Gasteiger partial charge on any atom is 0.210 e. The Morgan fingerprint density at radius 2 is 1.91 bits per heavy atom. The third-order valence-electron chi connectivity index (χ3n) is 3.27. The van der Waals surface area contributed by atoms with Gasteiger partial charge in [-0.05, 0) is 24.6 Å². The van der Waals surface area contributed by atoms with Gasteiger partial charge in [0.2, 0.25) is 5.13 Å². The van der Waals surface area contributed by atoms with Gasteiger partial charge in [0.25, 0.3) is 0 Å². The number of aromatic nitrogens is 2. The fraction of sp³-hybridized carbons (Fsp3) is 0.176. The molecule has 0 aliphatic rings. The first-order chi connectivity index (χ1) is 11.2. The zero-order valence-corrected chi connectivity index (χ0v) is 14.5. The van der Waals surface area contributed by atoms with Gasteiger partial charge in [0, 0.05) is 17.0 Å². The van der Waals surface area contributed by atoms with E-state index in [0.29, 0.717) is 5.25 Å². The molecule has 0 aliphatic heterocycles. The highest BCUT2D eigenvalue weighted by Gasteiger charge is 2.11. The predicted octanol–water partition coefficient (Wildman–Crippen LogP) is 5.14. The summed E-state index contributed by atoms with van der Waals surface area (Å²) in [4.78, 5) is 0. The Balaban J connectivity index is 1.66. The number of thioether (sulfide) groups is 1. The monoisotopic (exact) mass is 343 g/mol. The van der Waals surface area contributed by atoms with Crippen LogP contribution >= 0.6 is 23.1 Å². The van der Waals surface area contributed by atoms with Gasteiger partial charge in [-0.2, -0.15) is 0 Å². The van der Waals surface area contributed by atoms with E-state index in [2.05, 4.69) is 46.7 Å². The first-order valence-corrected chi connectivity index (χ1v) is 8.90. The second-order valence-corrected chi connectivity index (χ2v) is 7.47. The van der Waals surface area contributed by atoms with Crippen molar-refractivity contribution >= 4 is 33.9 Å². The average molecular weight is 343 g/mol. The smallest absolute Gasteiger partial charge is 0.210 e. The second kappa shape index (κ2) is 7.48. The van der Waals surface area contributed by atoms with Gasteiger partial charge >= 0.3 is 0 Å². The van der Waals surface area contributed by atoms with E-state index in [1.807, 2.05) is 30.3 Å². The lowest BCUT2D eigenvalue weighted by molar-refractivity contribution is 0.415. The molecule has 3 rings (SSSR count). The summed E-state index contributed by atoms with van der Waals surface area (Å²) in [7, 11) is 1.66. The third kappa shape index (κ3) is 4.24. The predicted molar refractivity (Wildman–Crippen MR) is 96.9 cm³/mol. The van der Waals surface area contributed by atoms with Crippen molar-refractivity contribution in [2.45, 2.75) is 16.5 Å². The second-order valence-electron chi connectivity index (χ2n) is 4.90. The molecular formula is C17H17N3OS2. The minimum atomic E-state index is 0.341. The highest BCUT2D eigenvalue weighted by atomic mass is 32.2. The lowest BCUT2D eigenvalue weighted by Crippen LogP contribution is -1.90. The van der Waals surface area contributed by atoms with Crippen LogP contribution in [0.15, 0.2) is 58.9 Å². The fourth-order valence-corrected chi connectivity index (χ4v) is 4.12. The Morgan fingerprint density at radius 3 is 2.70 bits per heavy atom. The van der Waals surface area contributed by atoms with Gasteiger partial charge in [-0.15, -0.1) is 10.2 Å². The highest BCUT2D eigenvalue weighted by molar-refractivity contribution is 8.01. The van der Waals surface area contributed by atoms with Crippen LogP contribution in [0.4, 0.5) is 10.8 Å². The molecule has 0 fully saturated rings. The zero-order chi connectivity index (χ0) is 16.1. The van der Waals surface area contributed by atoms with Crippen molar-refractivity contribution in [2.75, 3.05) is 12.4 Å². The maximum atomic E-state index is 5.22. The molecule has 3 aromatic rings. The minimum absolute atomic E-state index is 0.341. The van der Waals surface area contributed by atoms with Crippen LogP contribution in [0.1, 0.15) is 17.7 Å². The first kappa shape index (κ1) is 15.8. The van der Waals surface area contributed by atoms with E-state index in [0.717, 1.165) is 20.9 Å². The molecule has 1 unspecified atom stereocenters. The molecule has 1 N–H and O–H groups in total. The molecule has 23 heavy (non-hydrogen) atoms. The number of rotatable bonds is 6. The Morgan fingerprint density at radius 1 is 1.09 bits per heavy atom. The van der Waals surface area contributed by atoms with Gasteiger partial charge in [0.15, 0.2) is 4.34 Å². The molecule has 4 nitrogen and oxygen atoms in total. The standard InChI is InChI=1S/C17H17N3OS2/c1-12(13-7-4-3-5-8-13)22-17-20-19-16(23-17)18-14-9-6-10-15(11-14)21-2/h3-12H,1-2H3,(H,18,19). The van der Waals surface area contributed by atoms with E-state index in [1.54, 1.807) is 30.2 Å². The minimum Gasteiger partial charge on any atom is -0.497 e.